The van der Waals surface area contributed by atoms with Crippen LogP contribution >= 0.6 is 0 Å². The molecule has 1 aromatic rings. The maximum absolute atomic E-state index is 10.9. The molecule has 2 N–H and O–H groups in total. The molecule has 1 saturated heterocycles. The molecule has 3 rings (SSSR count). The predicted molar refractivity (Wildman–Crippen MR) is 75.3 cm³/mol. The third kappa shape index (κ3) is 2.93. The van der Waals surface area contributed by atoms with E-state index in [4.69, 9.17) is 4.74 Å². The number of nitrogens with one attached hydrogen (secondary N) is 1. The van der Waals surface area contributed by atoms with Crippen molar-refractivity contribution in [1.82, 2.24) is 5.32 Å². The van der Waals surface area contributed by atoms with E-state index in [2.05, 4.69) is 5.32 Å². The first-order valence-electron chi connectivity index (χ1n) is 7.36. The second kappa shape index (κ2) is 5.14. The van der Waals surface area contributed by atoms with Crippen LogP contribution in [0.1, 0.15) is 38.2 Å². The summed E-state index contributed by atoms with van der Waals surface area (Å²) in [6, 6.07) is 7.98. The summed E-state index contributed by atoms with van der Waals surface area (Å²) < 4.78 is 5.82. The third-order valence-corrected chi connectivity index (χ3v) is 4.34. The molecule has 2 atom stereocenters. The molecular weight excluding hydrogens is 238 g/mol. The Bertz CT molecular complexity index is 434. The summed E-state index contributed by atoms with van der Waals surface area (Å²) in [6.45, 7) is 3.89. The lowest BCUT2D eigenvalue weighted by Crippen LogP contribution is -2.42. The monoisotopic (exact) mass is 261 g/mol. The highest BCUT2D eigenvalue weighted by Gasteiger charge is 2.35. The molecule has 3 nitrogen and oxygen atoms in total. The zero-order valence-electron chi connectivity index (χ0n) is 11.6. The zero-order chi connectivity index (χ0) is 13.3. The molecule has 0 aromatic heterocycles. The molecule has 1 saturated carbocycles. The van der Waals surface area contributed by atoms with Crippen LogP contribution in [0.15, 0.2) is 24.3 Å². The van der Waals surface area contributed by atoms with Crippen LogP contribution in [-0.2, 0) is 5.60 Å². The number of piperidine rings is 1. The van der Waals surface area contributed by atoms with Crippen molar-refractivity contribution in [3.05, 3.63) is 29.8 Å². The van der Waals surface area contributed by atoms with Crippen molar-refractivity contribution in [3.8, 4) is 5.75 Å². The van der Waals surface area contributed by atoms with Gasteiger partial charge in [0.15, 0.2) is 0 Å². The van der Waals surface area contributed by atoms with Gasteiger partial charge in [0.25, 0.3) is 0 Å². The topological polar surface area (TPSA) is 41.5 Å². The number of aliphatic hydroxyl groups is 1. The Hall–Kier alpha value is -1.06. The second-order valence-electron chi connectivity index (χ2n) is 6.04. The lowest BCUT2D eigenvalue weighted by Gasteiger charge is -2.36. The van der Waals surface area contributed by atoms with Crippen LogP contribution in [0.25, 0.3) is 0 Å². The predicted octanol–water partition coefficient (Wildman–Crippen LogP) is 2.43. The van der Waals surface area contributed by atoms with Gasteiger partial charge in [-0.25, -0.2) is 0 Å². The highest BCUT2D eigenvalue weighted by molar-refractivity contribution is 5.33. The minimum Gasteiger partial charge on any atom is -0.490 e. The van der Waals surface area contributed by atoms with E-state index in [-0.39, 0.29) is 5.92 Å². The smallest absolute Gasteiger partial charge is 0.120 e. The van der Waals surface area contributed by atoms with Crippen molar-refractivity contribution in [2.75, 3.05) is 13.1 Å². The number of benzene rings is 1. The summed E-state index contributed by atoms with van der Waals surface area (Å²) in [5.74, 6) is 1.17. The van der Waals surface area contributed by atoms with E-state index in [0.29, 0.717) is 6.10 Å². The lowest BCUT2D eigenvalue weighted by atomic mass is 9.79. The molecule has 104 valence electrons. The Kier molecular flexibility index (Phi) is 3.50. The first kappa shape index (κ1) is 12.9. The first-order chi connectivity index (χ1) is 9.16. The van der Waals surface area contributed by atoms with E-state index in [0.717, 1.165) is 50.1 Å². The van der Waals surface area contributed by atoms with Gasteiger partial charge >= 0.3 is 0 Å². The molecule has 1 heterocycles. The molecule has 19 heavy (non-hydrogen) atoms. The molecule has 0 radical (unpaired) electrons. The number of rotatable bonds is 4. The van der Waals surface area contributed by atoms with Gasteiger partial charge in [-0.1, -0.05) is 12.1 Å². The average molecular weight is 261 g/mol. The molecule has 2 aliphatic rings. The molecular formula is C16H23NO2. The third-order valence-electron chi connectivity index (χ3n) is 4.34. The minimum absolute atomic E-state index is 0.275. The van der Waals surface area contributed by atoms with Gasteiger partial charge in [-0.3, -0.25) is 0 Å². The van der Waals surface area contributed by atoms with Gasteiger partial charge in [0, 0.05) is 12.5 Å². The van der Waals surface area contributed by atoms with E-state index in [1.807, 2.05) is 31.2 Å². The van der Waals surface area contributed by atoms with Gasteiger partial charge in [0.05, 0.1) is 11.7 Å². The quantitative estimate of drug-likeness (QED) is 0.874. The zero-order valence-corrected chi connectivity index (χ0v) is 11.6. The van der Waals surface area contributed by atoms with Crippen LogP contribution in [0, 0.1) is 5.92 Å². The summed E-state index contributed by atoms with van der Waals surface area (Å²) in [5, 5.41) is 14.3. The minimum atomic E-state index is -0.781. The van der Waals surface area contributed by atoms with Crippen LogP contribution in [0.5, 0.6) is 5.75 Å². The molecule has 2 fully saturated rings. The molecule has 0 spiro atoms. The van der Waals surface area contributed by atoms with Gasteiger partial charge in [0.1, 0.15) is 5.75 Å². The Morgan fingerprint density at radius 1 is 1.32 bits per heavy atom. The Balaban J connectivity index is 1.78. The van der Waals surface area contributed by atoms with E-state index >= 15 is 0 Å². The van der Waals surface area contributed by atoms with E-state index in [1.165, 1.54) is 0 Å². The van der Waals surface area contributed by atoms with Gasteiger partial charge in [0.2, 0.25) is 0 Å². The van der Waals surface area contributed by atoms with Gasteiger partial charge in [-0.15, -0.1) is 0 Å². The van der Waals surface area contributed by atoms with Crippen molar-refractivity contribution in [2.24, 2.45) is 5.92 Å². The van der Waals surface area contributed by atoms with Crippen LogP contribution in [0.3, 0.4) is 0 Å². The van der Waals surface area contributed by atoms with Gasteiger partial charge in [-0.2, -0.15) is 0 Å². The van der Waals surface area contributed by atoms with Gasteiger partial charge in [-0.05, 0) is 56.8 Å². The summed E-state index contributed by atoms with van der Waals surface area (Å²) in [6.07, 6.45) is 4.93. The molecule has 2 unspecified atom stereocenters. The number of hydrogen-bond donors (Lipinski definition) is 2. The van der Waals surface area contributed by atoms with E-state index < -0.39 is 5.60 Å². The van der Waals surface area contributed by atoms with Crippen molar-refractivity contribution in [1.29, 1.82) is 0 Å². The van der Waals surface area contributed by atoms with Crippen molar-refractivity contribution in [2.45, 2.75) is 44.3 Å². The lowest BCUT2D eigenvalue weighted by molar-refractivity contribution is -0.0158. The fourth-order valence-electron chi connectivity index (χ4n) is 2.83. The molecule has 1 aliphatic carbocycles. The van der Waals surface area contributed by atoms with Crippen LogP contribution in [0.4, 0.5) is 0 Å². The molecule has 3 heteroatoms. The maximum Gasteiger partial charge on any atom is 0.120 e. The highest BCUT2D eigenvalue weighted by Crippen LogP contribution is 2.36. The molecule has 1 aromatic carbocycles. The van der Waals surface area contributed by atoms with Crippen molar-refractivity contribution < 1.29 is 9.84 Å². The number of ether oxygens (including phenoxy) is 1. The van der Waals surface area contributed by atoms with Crippen molar-refractivity contribution >= 4 is 0 Å². The van der Waals surface area contributed by atoms with E-state index in [9.17, 15) is 5.11 Å². The highest BCUT2D eigenvalue weighted by atomic mass is 16.5. The van der Waals surface area contributed by atoms with Gasteiger partial charge < -0.3 is 15.2 Å². The summed E-state index contributed by atoms with van der Waals surface area (Å²) in [5.41, 5.74) is 0.190. The first-order valence-corrected chi connectivity index (χ1v) is 7.36. The Labute approximate surface area is 115 Å². The number of hydrogen-bond acceptors (Lipinski definition) is 3. The second-order valence-corrected chi connectivity index (χ2v) is 6.04. The summed E-state index contributed by atoms with van der Waals surface area (Å²) in [7, 11) is 0. The van der Waals surface area contributed by atoms with E-state index in [1.54, 1.807) is 0 Å². The normalized spacial score (nSPS) is 26.7. The van der Waals surface area contributed by atoms with Crippen molar-refractivity contribution in [3.63, 3.8) is 0 Å². The van der Waals surface area contributed by atoms with Crippen LogP contribution < -0.4 is 10.1 Å². The largest absolute Gasteiger partial charge is 0.490 e. The maximum atomic E-state index is 10.9. The molecule has 1 aliphatic heterocycles. The molecule has 0 bridgehead atoms. The average Bonchev–Trinajstić information content (AvgIpc) is 3.24. The standard InChI is InChI=1S/C16H23NO2/c1-16(18,13-5-3-9-17-11-13)12-4-2-6-15(10-12)19-14-7-8-14/h2,4,6,10,13-14,17-18H,3,5,7-9,11H2,1H3. The van der Waals surface area contributed by atoms with Crippen LogP contribution in [0.2, 0.25) is 0 Å². The SMILES string of the molecule is CC(O)(c1cccc(OC2CC2)c1)C1CCCNC1. The Morgan fingerprint density at radius 2 is 2.16 bits per heavy atom. The fourth-order valence-corrected chi connectivity index (χ4v) is 2.83. The molecule has 0 amide bonds. The van der Waals surface area contributed by atoms with Crippen LogP contribution in [-0.4, -0.2) is 24.3 Å². The Morgan fingerprint density at radius 3 is 2.84 bits per heavy atom. The fraction of sp³-hybridized carbons (Fsp3) is 0.625. The summed E-state index contributed by atoms with van der Waals surface area (Å²) >= 11 is 0. The summed E-state index contributed by atoms with van der Waals surface area (Å²) in [4.78, 5) is 0.